The van der Waals surface area contributed by atoms with Gasteiger partial charge in [0.15, 0.2) is 0 Å². The molecule has 3 rings (SSSR count). The first-order valence-corrected chi connectivity index (χ1v) is 7.61. The molecule has 1 aromatic carbocycles. The maximum atomic E-state index is 4.52. The molecule has 20 heavy (non-hydrogen) atoms. The van der Waals surface area contributed by atoms with Crippen LogP contribution < -0.4 is 5.32 Å². The van der Waals surface area contributed by atoms with E-state index in [0.29, 0.717) is 0 Å². The predicted molar refractivity (Wildman–Crippen MR) is 81.6 cm³/mol. The van der Waals surface area contributed by atoms with Crippen molar-refractivity contribution in [2.75, 3.05) is 0 Å². The Kier molecular flexibility index (Phi) is 4.16. The van der Waals surface area contributed by atoms with Gasteiger partial charge in [-0.2, -0.15) is 5.10 Å². The lowest BCUT2D eigenvalue weighted by molar-refractivity contribution is 0.563. The molecule has 0 atom stereocenters. The average Bonchev–Trinajstić information content (AvgIpc) is 3.24. The van der Waals surface area contributed by atoms with Crippen LogP contribution in [0.3, 0.4) is 0 Å². The summed E-state index contributed by atoms with van der Waals surface area (Å²) < 4.78 is 2.15. The van der Waals surface area contributed by atoms with E-state index >= 15 is 0 Å². The molecule has 3 nitrogen and oxygen atoms in total. The Morgan fingerprint density at radius 2 is 2.05 bits per heavy atom. The Morgan fingerprint density at radius 3 is 2.80 bits per heavy atom. The van der Waals surface area contributed by atoms with Gasteiger partial charge < -0.3 is 5.32 Å². The van der Waals surface area contributed by atoms with Crippen LogP contribution >= 0.6 is 0 Å². The summed E-state index contributed by atoms with van der Waals surface area (Å²) in [4.78, 5) is 0. The minimum atomic E-state index is 0.760. The Bertz CT molecular complexity index is 541. The van der Waals surface area contributed by atoms with Gasteiger partial charge in [-0.1, -0.05) is 30.3 Å². The Morgan fingerprint density at radius 1 is 1.25 bits per heavy atom. The van der Waals surface area contributed by atoms with Gasteiger partial charge in [0.1, 0.15) is 0 Å². The molecule has 1 N–H and O–H groups in total. The van der Waals surface area contributed by atoms with E-state index in [1.54, 1.807) is 0 Å². The maximum absolute atomic E-state index is 4.52. The fourth-order valence-electron chi connectivity index (χ4n) is 2.50. The lowest BCUT2D eigenvalue weighted by Crippen LogP contribution is -2.15. The van der Waals surface area contributed by atoms with E-state index in [2.05, 4.69) is 52.4 Å². The minimum absolute atomic E-state index is 0.760. The Hall–Kier alpha value is -1.61. The largest absolute Gasteiger partial charge is 0.310 e. The van der Waals surface area contributed by atoms with E-state index in [9.17, 15) is 0 Å². The summed E-state index contributed by atoms with van der Waals surface area (Å²) in [6, 6.07) is 11.4. The topological polar surface area (TPSA) is 29.9 Å². The van der Waals surface area contributed by atoms with Gasteiger partial charge in [-0.3, -0.25) is 4.68 Å². The van der Waals surface area contributed by atoms with Gasteiger partial charge in [-0.25, -0.2) is 0 Å². The first kappa shape index (κ1) is 13.4. The second kappa shape index (κ2) is 6.23. The molecule has 2 aromatic rings. The molecule has 0 aliphatic heterocycles. The van der Waals surface area contributed by atoms with E-state index in [4.69, 9.17) is 0 Å². The molecular formula is C17H23N3. The highest BCUT2D eigenvalue weighted by atomic mass is 15.3. The molecule has 1 heterocycles. The zero-order chi connectivity index (χ0) is 13.8. The van der Waals surface area contributed by atoms with Crippen molar-refractivity contribution in [1.29, 1.82) is 0 Å². The quantitative estimate of drug-likeness (QED) is 0.837. The molecule has 0 unspecified atom stereocenters. The fourth-order valence-corrected chi connectivity index (χ4v) is 2.50. The molecule has 1 saturated carbocycles. The molecule has 1 aromatic heterocycles. The first-order chi connectivity index (χ1) is 9.83. The molecule has 1 aliphatic rings. The highest BCUT2D eigenvalue weighted by molar-refractivity contribution is 5.17. The lowest BCUT2D eigenvalue weighted by Gasteiger charge is -2.06. The number of nitrogens with zero attached hydrogens (tertiary/aromatic N) is 2. The normalized spacial score (nSPS) is 14.7. The summed E-state index contributed by atoms with van der Waals surface area (Å²) in [7, 11) is 0. The third-order valence-corrected chi connectivity index (χ3v) is 4.04. The molecule has 0 radical (unpaired) electrons. The summed E-state index contributed by atoms with van der Waals surface area (Å²) in [5.41, 5.74) is 4.07. The van der Waals surface area contributed by atoms with Crippen molar-refractivity contribution in [3.05, 3.63) is 53.3 Å². The van der Waals surface area contributed by atoms with Gasteiger partial charge in [0, 0.05) is 30.4 Å². The number of rotatable bonds is 7. The van der Waals surface area contributed by atoms with Crippen LogP contribution in [0, 0.1) is 6.92 Å². The lowest BCUT2D eigenvalue weighted by atomic mass is 10.1. The zero-order valence-corrected chi connectivity index (χ0v) is 12.2. The second-order valence-electron chi connectivity index (χ2n) is 5.72. The number of hydrogen-bond donors (Lipinski definition) is 1. The monoisotopic (exact) mass is 269 g/mol. The van der Waals surface area contributed by atoms with E-state index in [1.165, 1.54) is 29.7 Å². The molecule has 1 aliphatic carbocycles. The van der Waals surface area contributed by atoms with Crippen molar-refractivity contribution in [1.82, 2.24) is 15.1 Å². The number of aromatic nitrogens is 2. The summed E-state index contributed by atoms with van der Waals surface area (Å²) in [5, 5.41) is 8.08. The molecule has 0 saturated heterocycles. The van der Waals surface area contributed by atoms with Gasteiger partial charge in [0.05, 0.1) is 6.20 Å². The third kappa shape index (κ3) is 3.48. The number of hydrogen-bond acceptors (Lipinski definition) is 2. The Balaban J connectivity index is 1.49. The predicted octanol–water partition coefficient (Wildman–Crippen LogP) is 3.08. The van der Waals surface area contributed by atoms with Crippen LogP contribution in [0.1, 0.15) is 36.1 Å². The summed E-state index contributed by atoms with van der Waals surface area (Å²) in [6.07, 6.45) is 6.96. The van der Waals surface area contributed by atoms with Crippen LogP contribution in [0.2, 0.25) is 0 Å². The highest BCUT2D eigenvalue weighted by Crippen LogP contribution is 2.20. The van der Waals surface area contributed by atoms with Crippen molar-refractivity contribution >= 4 is 0 Å². The number of benzene rings is 1. The fraction of sp³-hybridized carbons (Fsp3) is 0.471. The van der Waals surface area contributed by atoms with Crippen molar-refractivity contribution in [3.8, 4) is 0 Å². The van der Waals surface area contributed by atoms with Crippen molar-refractivity contribution in [2.24, 2.45) is 0 Å². The van der Waals surface area contributed by atoms with Crippen molar-refractivity contribution in [3.63, 3.8) is 0 Å². The Labute approximate surface area is 121 Å². The van der Waals surface area contributed by atoms with Gasteiger partial charge in [0.25, 0.3) is 0 Å². The van der Waals surface area contributed by atoms with Crippen LogP contribution in [0.5, 0.6) is 0 Å². The molecule has 1 fully saturated rings. The number of nitrogens with one attached hydrogen (secondary N) is 1. The smallest absolute Gasteiger partial charge is 0.0537 e. The molecule has 0 amide bonds. The van der Waals surface area contributed by atoms with E-state index in [1.807, 2.05) is 6.20 Å². The molecule has 0 spiro atoms. The van der Waals surface area contributed by atoms with Gasteiger partial charge in [-0.15, -0.1) is 0 Å². The number of aryl methyl sites for hydroxylation is 2. The van der Waals surface area contributed by atoms with E-state index in [-0.39, 0.29) is 0 Å². The average molecular weight is 269 g/mol. The van der Waals surface area contributed by atoms with Crippen LogP contribution in [0.15, 0.2) is 36.5 Å². The van der Waals surface area contributed by atoms with Gasteiger partial charge in [-0.05, 0) is 38.2 Å². The van der Waals surface area contributed by atoms with Crippen LogP contribution in [0.25, 0.3) is 0 Å². The van der Waals surface area contributed by atoms with Crippen molar-refractivity contribution in [2.45, 2.75) is 51.7 Å². The molecule has 106 valence electrons. The SMILES string of the molecule is Cc1c(CNC2CC2)cnn1CCCc1ccccc1. The molecule has 0 bridgehead atoms. The van der Waals surface area contributed by atoms with Gasteiger partial charge >= 0.3 is 0 Å². The van der Waals surface area contributed by atoms with Crippen LogP contribution in [-0.2, 0) is 19.5 Å². The standard InChI is InChI=1S/C17H23N3/c1-14-16(12-18-17-9-10-17)13-19-20(14)11-5-8-15-6-3-2-4-7-15/h2-4,6-7,13,17-18H,5,8-12H2,1H3. The second-order valence-corrected chi connectivity index (χ2v) is 5.72. The maximum Gasteiger partial charge on any atom is 0.0537 e. The minimum Gasteiger partial charge on any atom is -0.310 e. The van der Waals surface area contributed by atoms with Crippen molar-refractivity contribution < 1.29 is 0 Å². The summed E-state index contributed by atoms with van der Waals surface area (Å²) in [6.45, 7) is 4.15. The third-order valence-electron chi connectivity index (χ3n) is 4.04. The van der Waals surface area contributed by atoms with Crippen LogP contribution in [-0.4, -0.2) is 15.8 Å². The highest BCUT2D eigenvalue weighted by Gasteiger charge is 2.20. The first-order valence-electron chi connectivity index (χ1n) is 7.61. The summed E-state index contributed by atoms with van der Waals surface area (Å²) >= 11 is 0. The van der Waals surface area contributed by atoms with Crippen LogP contribution in [0.4, 0.5) is 0 Å². The van der Waals surface area contributed by atoms with E-state index < -0.39 is 0 Å². The van der Waals surface area contributed by atoms with E-state index in [0.717, 1.165) is 32.0 Å². The van der Waals surface area contributed by atoms with Gasteiger partial charge in [0.2, 0.25) is 0 Å². The molecular weight excluding hydrogens is 246 g/mol. The summed E-state index contributed by atoms with van der Waals surface area (Å²) in [5.74, 6) is 0. The zero-order valence-electron chi connectivity index (χ0n) is 12.2. The molecule has 3 heteroatoms.